The number of fused-ring (bicyclic) bond motifs is 1. The number of aromatic nitrogens is 1. The minimum atomic E-state index is -0.0243. The lowest BCUT2D eigenvalue weighted by molar-refractivity contribution is -0.117. The molecular weight excluding hydrogens is 234 g/mol. The Bertz CT molecular complexity index is 592. The summed E-state index contributed by atoms with van der Waals surface area (Å²) in [5.41, 5.74) is 7.76. The van der Waals surface area contributed by atoms with Gasteiger partial charge in [0.25, 0.3) is 0 Å². The van der Waals surface area contributed by atoms with Crippen molar-refractivity contribution in [1.82, 2.24) is 4.98 Å². The van der Waals surface area contributed by atoms with Gasteiger partial charge in [-0.25, -0.2) is 4.98 Å². The lowest BCUT2D eigenvalue weighted by Gasteiger charge is -1.97. The summed E-state index contributed by atoms with van der Waals surface area (Å²) in [6.45, 7) is 2.04. The molecule has 1 heterocycles. The minimum Gasteiger partial charge on any atom is -0.327 e. The first-order valence-corrected chi connectivity index (χ1v) is 6.39. The molecule has 2 aromatic rings. The highest BCUT2D eigenvalue weighted by Gasteiger charge is 2.40. The van der Waals surface area contributed by atoms with Crippen molar-refractivity contribution in [2.24, 2.45) is 11.7 Å². The van der Waals surface area contributed by atoms with Gasteiger partial charge in [0.1, 0.15) is 0 Å². The second-order valence-corrected chi connectivity index (χ2v) is 5.52. The third-order valence-electron chi connectivity index (χ3n) is 2.95. The lowest BCUT2D eigenvalue weighted by Crippen LogP contribution is -2.18. The van der Waals surface area contributed by atoms with Crippen LogP contribution in [0.3, 0.4) is 0 Å². The fourth-order valence-electron chi connectivity index (χ4n) is 1.80. The van der Waals surface area contributed by atoms with E-state index in [1.165, 1.54) is 16.9 Å². The zero-order valence-electron chi connectivity index (χ0n) is 9.43. The van der Waals surface area contributed by atoms with E-state index in [0.717, 1.165) is 16.6 Å². The van der Waals surface area contributed by atoms with Gasteiger partial charge in [-0.05, 0) is 31.0 Å². The minimum absolute atomic E-state index is 0.00622. The third-order valence-corrected chi connectivity index (χ3v) is 3.88. The summed E-state index contributed by atoms with van der Waals surface area (Å²) >= 11 is 1.50. The Labute approximate surface area is 103 Å². The summed E-state index contributed by atoms with van der Waals surface area (Å²) in [6, 6.07) is 6.10. The zero-order chi connectivity index (χ0) is 12.0. The Morgan fingerprint density at radius 3 is 3.06 bits per heavy atom. The molecule has 0 radical (unpaired) electrons. The number of nitrogens with two attached hydrogens (primary N) is 1. The fraction of sp³-hybridized carbons (Fsp3) is 0.333. The molecule has 1 saturated carbocycles. The summed E-state index contributed by atoms with van der Waals surface area (Å²) in [7, 11) is 0. The van der Waals surface area contributed by atoms with E-state index in [1.807, 2.05) is 19.1 Å². The van der Waals surface area contributed by atoms with Crippen LogP contribution in [0.1, 0.15) is 12.0 Å². The first-order chi connectivity index (χ1) is 8.13. The number of aryl methyl sites for hydroxylation is 1. The van der Waals surface area contributed by atoms with E-state index in [1.54, 1.807) is 0 Å². The van der Waals surface area contributed by atoms with Crippen molar-refractivity contribution >= 4 is 32.6 Å². The maximum Gasteiger partial charge on any atom is 0.230 e. The van der Waals surface area contributed by atoms with Gasteiger partial charge in [-0.3, -0.25) is 4.79 Å². The molecule has 1 aromatic carbocycles. The van der Waals surface area contributed by atoms with Crippen LogP contribution in [0.5, 0.6) is 0 Å². The van der Waals surface area contributed by atoms with E-state index < -0.39 is 0 Å². The van der Waals surface area contributed by atoms with Gasteiger partial charge in [0.2, 0.25) is 5.91 Å². The van der Waals surface area contributed by atoms with Crippen molar-refractivity contribution in [2.45, 2.75) is 19.4 Å². The zero-order valence-corrected chi connectivity index (χ0v) is 10.3. The molecule has 88 valence electrons. The van der Waals surface area contributed by atoms with Crippen molar-refractivity contribution in [2.75, 3.05) is 5.32 Å². The highest BCUT2D eigenvalue weighted by molar-refractivity contribution is 7.22. The fourth-order valence-corrected chi connectivity index (χ4v) is 2.77. The molecule has 0 spiro atoms. The third kappa shape index (κ3) is 2.03. The van der Waals surface area contributed by atoms with Crippen LogP contribution in [0, 0.1) is 12.8 Å². The van der Waals surface area contributed by atoms with Gasteiger partial charge in [0.15, 0.2) is 5.13 Å². The van der Waals surface area contributed by atoms with E-state index in [9.17, 15) is 4.79 Å². The lowest BCUT2D eigenvalue weighted by atomic mass is 10.2. The largest absolute Gasteiger partial charge is 0.327 e. The van der Waals surface area contributed by atoms with E-state index in [2.05, 4.69) is 16.4 Å². The van der Waals surface area contributed by atoms with Crippen LogP contribution in [-0.4, -0.2) is 16.9 Å². The monoisotopic (exact) mass is 247 g/mol. The average molecular weight is 247 g/mol. The molecule has 2 atom stereocenters. The van der Waals surface area contributed by atoms with Crippen LogP contribution in [0.15, 0.2) is 18.2 Å². The van der Waals surface area contributed by atoms with E-state index >= 15 is 0 Å². The van der Waals surface area contributed by atoms with Crippen LogP contribution in [0.2, 0.25) is 0 Å². The number of hydrogen-bond acceptors (Lipinski definition) is 4. The number of thiazole rings is 1. The van der Waals surface area contributed by atoms with E-state index in [-0.39, 0.29) is 17.9 Å². The molecule has 0 aliphatic heterocycles. The number of nitrogens with one attached hydrogen (secondary N) is 1. The Kier molecular flexibility index (Phi) is 2.38. The first kappa shape index (κ1) is 10.7. The number of carbonyl (C=O) groups is 1. The van der Waals surface area contributed by atoms with Crippen LogP contribution >= 0.6 is 11.3 Å². The summed E-state index contributed by atoms with van der Waals surface area (Å²) in [6.07, 6.45) is 0.788. The molecule has 5 heteroatoms. The van der Waals surface area contributed by atoms with Gasteiger partial charge < -0.3 is 11.1 Å². The number of hydrogen-bond donors (Lipinski definition) is 2. The molecule has 1 amide bonds. The molecule has 0 saturated heterocycles. The quantitative estimate of drug-likeness (QED) is 0.851. The van der Waals surface area contributed by atoms with Gasteiger partial charge in [0.05, 0.1) is 16.1 Å². The number of amides is 1. The van der Waals surface area contributed by atoms with Gasteiger partial charge in [-0.15, -0.1) is 0 Å². The normalized spacial score (nSPS) is 22.7. The smallest absolute Gasteiger partial charge is 0.230 e. The van der Waals surface area contributed by atoms with Gasteiger partial charge in [-0.1, -0.05) is 17.4 Å². The molecule has 1 aromatic heterocycles. The summed E-state index contributed by atoms with van der Waals surface area (Å²) in [5.74, 6) is -0.0305. The molecule has 0 bridgehead atoms. The van der Waals surface area contributed by atoms with Crippen LogP contribution < -0.4 is 11.1 Å². The van der Waals surface area contributed by atoms with Crippen molar-refractivity contribution < 1.29 is 4.79 Å². The van der Waals surface area contributed by atoms with Crippen molar-refractivity contribution in [3.63, 3.8) is 0 Å². The number of rotatable bonds is 2. The van der Waals surface area contributed by atoms with Crippen molar-refractivity contribution in [1.29, 1.82) is 0 Å². The Morgan fingerprint density at radius 2 is 2.35 bits per heavy atom. The standard InChI is InChI=1S/C12H13N3OS/c1-6-2-3-9-10(4-6)17-12(14-9)15-11(16)7-5-8(7)13/h2-4,7-8H,5,13H2,1H3,(H,14,15,16). The van der Waals surface area contributed by atoms with Gasteiger partial charge >= 0.3 is 0 Å². The topological polar surface area (TPSA) is 68.0 Å². The first-order valence-electron chi connectivity index (χ1n) is 5.57. The molecule has 1 aliphatic carbocycles. The summed E-state index contributed by atoms with van der Waals surface area (Å²) in [5, 5.41) is 3.49. The van der Waals surface area contributed by atoms with Crippen LogP contribution in [-0.2, 0) is 4.79 Å². The number of nitrogens with zero attached hydrogens (tertiary/aromatic N) is 1. The maximum absolute atomic E-state index is 11.7. The number of carbonyl (C=O) groups excluding carboxylic acids is 1. The second kappa shape index (κ2) is 3.78. The predicted octanol–water partition coefficient (Wildman–Crippen LogP) is 1.89. The average Bonchev–Trinajstić information content (AvgIpc) is 2.87. The van der Waals surface area contributed by atoms with Crippen LogP contribution in [0.4, 0.5) is 5.13 Å². The highest BCUT2D eigenvalue weighted by atomic mass is 32.1. The number of anilines is 1. The van der Waals surface area contributed by atoms with Gasteiger partial charge in [0, 0.05) is 6.04 Å². The molecule has 1 fully saturated rings. The summed E-state index contributed by atoms with van der Waals surface area (Å²) in [4.78, 5) is 16.1. The maximum atomic E-state index is 11.7. The molecular formula is C12H13N3OS. The molecule has 3 N–H and O–H groups in total. The number of benzene rings is 1. The van der Waals surface area contributed by atoms with Crippen molar-refractivity contribution in [3.8, 4) is 0 Å². The van der Waals surface area contributed by atoms with E-state index in [4.69, 9.17) is 5.73 Å². The Balaban J connectivity index is 1.83. The molecule has 4 nitrogen and oxygen atoms in total. The van der Waals surface area contributed by atoms with E-state index in [0.29, 0.717) is 5.13 Å². The highest BCUT2D eigenvalue weighted by Crippen LogP contribution is 2.31. The predicted molar refractivity (Wildman–Crippen MR) is 69.1 cm³/mol. The van der Waals surface area contributed by atoms with Crippen LogP contribution in [0.25, 0.3) is 10.2 Å². The molecule has 3 rings (SSSR count). The molecule has 1 aliphatic rings. The summed E-state index contributed by atoms with van der Waals surface area (Å²) < 4.78 is 1.10. The molecule has 2 unspecified atom stereocenters. The van der Waals surface area contributed by atoms with Gasteiger partial charge in [-0.2, -0.15) is 0 Å². The molecule has 17 heavy (non-hydrogen) atoms. The Hall–Kier alpha value is -1.46. The second-order valence-electron chi connectivity index (χ2n) is 4.49. The SMILES string of the molecule is Cc1ccc2nc(NC(=O)C3CC3N)sc2c1. The van der Waals surface area contributed by atoms with Crippen molar-refractivity contribution in [3.05, 3.63) is 23.8 Å². The Morgan fingerprint density at radius 1 is 1.59 bits per heavy atom.